The van der Waals surface area contributed by atoms with Crippen LogP contribution in [0.25, 0.3) is 0 Å². The van der Waals surface area contributed by atoms with E-state index in [0.29, 0.717) is 0 Å². The molecule has 0 fully saturated rings. The van der Waals surface area contributed by atoms with Crippen LogP contribution in [0.15, 0.2) is 12.7 Å². The van der Waals surface area contributed by atoms with E-state index in [-0.39, 0.29) is 37.7 Å². The van der Waals surface area contributed by atoms with E-state index in [1.54, 1.807) is 6.08 Å². The zero-order valence-corrected chi connectivity index (χ0v) is 6.92. The monoisotopic (exact) mass is 142 g/mol. The average molecular weight is 142 g/mol. The molecule has 42 valence electrons. The second-order valence-electron chi connectivity index (χ2n) is 0.658. The number of carbonyl (C=O) groups excluding carboxylic acids is 1. The van der Waals surface area contributed by atoms with Gasteiger partial charge >= 0.3 is 37.7 Å². The Balaban J connectivity index is -0.0000000575. The number of carboxylic acid groups (broad SMARTS) is 2. The first-order chi connectivity index (χ1) is 3.15. The van der Waals surface area contributed by atoms with Crippen molar-refractivity contribution in [2.75, 3.05) is 0 Å². The summed E-state index contributed by atoms with van der Waals surface area (Å²) in [4.78, 5) is 8.33. The van der Waals surface area contributed by atoms with Crippen molar-refractivity contribution in [1.82, 2.24) is 0 Å². The van der Waals surface area contributed by atoms with Crippen LogP contribution in [0.3, 0.4) is 0 Å². The molecule has 0 amide bonds. The van der Waals surface area contributed by atoms with Crippen molar-refractivity contribution in [2.45, 2.75) is 6.92 Å². The molecule has 0 aromatic heterocycles. The van der Waals surface area contributed by atoms with Gasteiger partial charge in [-0.25, -0.2) is 0 Å². The fourth-order valence-corrected chi connectivity index (χ4v) is 0. The molecule has 0 heterocycles. The summed E-state index contributed by atoms with van der Waals surface area (Å²) in [5, 5.41) is 16.7. The molecule has 0 radical (unpaired) electrons. The quantitative estimate of drug-likeness (QED) is 0.301. The fraction of sp³-hybridized carbons (Fsp3) is 0.250. The number of hydrogen-bond acceptors (Lipinski definition) is 3. The van der Waals surface area contributed by atoms with Crippen molar-refractivity contribution in [2.24, 2.45) is 0 Å². The topological polar surface area (TPSA) is 63.2 Å². The minimum atomic E-state index is -2.33. The van der Waals surface area contributed by atoms with E-state index >= 15 is 0 Å². The minimum absolute atomic E-state index is 0. The number of rotatable bonds is 0. The summed E-state index contributed by atoms with van der Waals surface area (Å²) < 4.78 is 0. The van der Waals surface area contributed by atoms with Gasteiger partial charge in [0, 0.05) is 0 Å². The van der Waals surface area contributed by atoms with Gasteiger partial charge in [0.05, 0.1) is 0 Å². The Morgan fingerprint density at radius 1 is 1.62 bits per heavy atom. The van der Waals surface area contributed by atoms with Crippen LogP contribution in [0.4, 0.5) is 4.79 Å². The summed E-state index contributed by atoms with van der Waals surface area (Å²) in [7, 11) is 0. The molecule has 3 nitrogen and oxygen atoms in total. The third kappa shape index (κ3) is 2390. The smallest absolute Gasteiger partial charge is 0.652 e. The molecule has 0 rings (SSSR count). The Kier molecular flexibility index (Phi) is 30.8. The summed E-state index contributed by atoms with van der Waals surface area (Å²) in [6, 6.07) is 0. The fourth-order valence-electron chi connectivity index (χ4n) is 0. The van der Waals surface area contributed by atoms with Crippen LogP contribution in [0.2, 0.25) is 0 Å². The van der Waals surface area contributed by atoms with Gasteiger partial charge in [0.1, 0.15) is 0 Å². The second kappa shape index (κ2) is 15.7. The molecule has 0 atom stereocenters. The van der Waals surface area contributed by atoms with Gasteiger partial charge in [0.25, 0.3) is 0 Å². The first-order valence-electron chi connectivity index (χ1n) is 1.60. The molecular weight excluding hydrogens is 136 g/mol. The number of carbonyl (C=O) groups is 1. The molecule has 8 heavy (non-hydrogen) atoms. The minimum Gasteiger partial charge on any atom is -0.652 e. The first kappa shape index (κ1) is 15.7. The maximum atomic E-state index is 8.33. The Hall–Kier alpha value is 0.270. The van der Waals surface area contributed by atoms with Crippen LogP contribution >= 0.6 is 0 Å². The molecule has 0 spiro atoms. The van der Waals surface area contributed by atoms with Crippen LogP contribution in [0.5, 0.6) is 0 Å². The molecule has 0 aliphatic heterocycles. The summed E-state index contributed by atoms with van der Waals surface area (Å²) >= 11 is 0. The standard InChI is InChI=1S/C3H6.CH2O3.Ca/c1-3-2;2-1(3)4;/h3H,1H2,2H3;(H2,2,3,4);/q;;+2/p-2. The molecule has 0 bridgehead atoms. The molecule has 0 unspecified atom stereocenters. The molecule has 4 heteroatoms. The summed E-state index contributed by atoms with van der Waals surface area (Å²) in [6.07, 6.45) is -0.583. The Bertz CT molecular complexity index is 58.3. The van der Waals surface area contributed by atoms with E-state index in [1.165, 1.54) is 0 Å². The van der Waals surface area contributed by atoms with E-state index in [0.717, 1.165) is 0 Å². The zero-order chi connectivity index (χ0) is 6.28. The Labute approximate surface area is 78.0 Å². The van der Waals surface area contributed by atoms with E-state index < -0.39 is 6.16 Å². The Morgan fingerprint density at radius 2 is 1.62 bits per heavy atom. The third-order valence-corrected chi connectivity index (χ3v) is 0. The van der Waals surface area contributed by atoms with Gasteiger partial charge in [0.2, 0.25) is 0 Å². The SMILES string of the molecule is C=CC.O=C([O-])[O-].[Ca+2]. The average Bonchev–Trinajstić information content (AvgIpc) is 1.33. The summed E-state index contributed by atoms with van der Waals surface area (Å²) in [5.41, 5.74) is 0. The Morgan fingerprint density at radius 3 is 1.62 bits per heavy atom. The van der Waals surface area contributed by atoms with Crippen molar-refractivity contribution in [3.8, 4) is 0 Å². The molecule has 0 aliphatic carbocycles. The van der Waals surface area contributed by atoms with Crippen LogP contribution in [0, 0.1) is 0 Å². The predicted octanol–water partition coefficient (Wildman–Crippen LogP) is -1.64. The van der Waals surface area contributed by atoms with Crippen molar-refractivity contribution in [1.29, 1.82) is 0 Å². The van der Waals surface area contributed by atoms with Crippen molar-refractivity contribution in [3.63, 3.8) is 0 Å². The van der Waals surface area contributed by atoms with Gasteiger partial charge in [-0.2, -0.15) is 0 Å². The number of allylic oxidation sites excluding steroid dienone is 1. The summed E-state index contributed by atoms with van der Waals surface area (Å²) in [6.45, 7) is 5.25. The van der Waals surface area contributed by atoms with Gasteiger partial charge in [-0.05, 0) is 13.1 Å². The van der Waals surface area contributed by atoms with Crippen LogP contribution < -0.4 is 10.2 Å². The van der Waals surface area contributed by atoms with E-state index in [1.807, 2.05) is 6.92 Å². The van der Waals surface area contributed by atoms with E-state index in [9.17, 15) is 0 Å². The maximum Gasteiger partial charge on any atom is 2.00 e. The van der Waals surface area contributed by atoms with Crippen molar-refractivity contribution in [3.05, 3.63) is 12.7 Å². The van der Waals surface area contributed by atoms with Gasteiger partial charge in [0.15, 0.2) is 0 Å². The molecule has 0 N–H and O–H groups in total. The van der Waals surface area contributed by atoms with Crippen LogP contribution in [-0.2, 0) is 0 Å². The second-order valence-corrected chi connectivity index (χ2v) is 0.658. The van der Waals surface area contributed by atoms with E-state index in [4.69, 9.17) is 15.0 Å². The molecule has 0 saturated carbocycles. The maximum absolute atomic E-state index is 8.33. The molecule has 0 aliphatic rings. The normalized spacial score (nSPS) is 4.62. The number of hydrogen-bond donors (Lipinski definition) is 0. The van der Waals surface area contributed by atoms with Gasteiger partial charge in [-0.3, -0.25) is 0 Å². The van der Waals surface area contributed by atoms with Gasteiger partial charge < -0.3 is 15.0 Å². The molecule has 0 aromatic rings. The van der Waals surface area contributed by atoms with Gasteiger partial charge in [-0.15, -0.1) is 6.58 Å². The largest absolute Gasteiger partial charge is 2.00 e. The van der Waals surface area contributed by atoms with Crippen molar-refractivity contribution < 1.29 is 15.0 Å². The first-order valence-corrected chi connectivity index (χ1v) is 1.60. The third-order valence-electron chi connectivity index (χ3n) is 0. The summed E-state index contributed by atoms with van der Waals surface area (Å²) in [5.74, 6) is 0. The van der Waals surface area contributed by atoms with Crippen molar-refractivity contribution >= 4 is 43.9 Å². The predicted molar refractivity (Wildman–Crippen MR) is 27.0 cm³/mol. The zero-order valence-electron chi connectivity index (χ0n) is 4.72. The van der Waals surface area contributed by atoms with Crippen LogP contribution in [0.1, 0.15) is 6.92 Å². The molecule has 0 saturated heterocycles. The van der Waals surface area contributed by atoms with Crippen LogP contribution in [-0.4, -0.2) is 43.9 Å². The molecular formula is C4H6CaO3. The molecule has 0 aromatic carbocycles. The van der Waals surface area contributed by atoms with E-state index in [2.05, 4.69) is 6.58 Å². The van der Waals surface area contributed by atoms with Gasteiger partial charge in [-0.1, -0.05) is 6.08 Å².